The van der Waals surface area contributed by atoms with Crippen LogP contribution in [0.2, 0.25) is 0 Å². The lowest BCUT2D eigenvalue weighted by atomic mass is 9.41. The minimum Gasteiger partial charge on any atom is -0.388 e. The van der Waals surface area contributed by atoms with Crippen LogP contribution in [-0.2, 0) is 9.53 Å². The van der Waals surface area contributed by atoms with Crippen molar-refractivity contribution in [2.45, 2.75) is 124 Å². The number of aliphatic hydroxyl groups is 2. The second kappa shape index (κ2) is 7.42. The van der Waals surface area contributed by atoms with Crippen molar-refractivity contribution < 1.29 is 19.7 Å². The number of carbonyl (C=O) groups excluding carboxylic acids is 1. The second-order valence-corrected chi connectivity index (χ2v) is 14.6. The predicted octanol–water partition coefficient (Wildman–Crippen LogP) is 5.70. The van der Waals surface area contributed by atoms with Crippen molar-refractivity contribution in [2.75, 3.05) is 0 Å². The molecule has 0 spiro atoms. The number of hydrogen-bond acceptors (Lipinski definition) is 4. The quantitative estimate of drug-likeness (QED) is 0.407. The van der Waals surface area contributed by atoms with E-state index in [1.54, 1.807) is 19.4 Å². The molecule has 192 valence electrons. The van der Waals surface area contributed by atoms with Crippen LogP contribution in [0.3, 0.4) is 0 Å². The number of aliphatic hydroxyl groups excluding tert-OH is 1. The van der Waals surface area contributed by atoms with Gasteiger partial charge in [-0.1, -0.05) is 53.2 Å². The Kier molecular flexibility index (Phi) is 5.44. The number of epoxide rings is 1. The Balaban J connectivity index is 1.42. The summed E-state index contributed by atoms with van der Waals surface area (Å²) in [6, 6.07) is 0. The monoisotopic (exact) mass is 472 g/mol. The predicted molar refractivity (Wildman–Crippen MR) is 134 cm³/mol. The van der Waals surface area contributed by atoms with E-state index in [0.717, 1.165) is 19.3 Å². The molecule has 1 heterocycles. The van der Waals surface area contributed by atoms with Crippen LogP contribution < -0.4 is 0 Å². The molecule has 0 aromatic carbocycles. The smallest absolute Gasteiger partial charge is 0.138 e. The van der Waals surface area contributed by atoms with E-state index < -0.39 is 11.7 Å². The Hall–Kier alpha value is -0.710. The normalized spacial score (nSPS) is 49.4. The lowest BCUT2D eigenvalue weighted by Crippen LogP contribution is -2.57. The van der Waals surface area contributed by atoms with Crippen LogP contribution in [0.5, 0.6) is 0 Å². The molecule has 1 saturated heterocycles. The number of Topliss-reactive ketones (excluding diaryl/α,β-unsaturated/α-hetero) is 1. The van der Waals surface area contributed by atoms with Crippen molar-refractivity contribution >= 4 is 5.78 Å². The minimum absolute atomic E-state index is 0.0377. The molecule has 2 N–H and O–H groups in total. The van der Waals surface area contributed by atoms with Crippen molar-refractivity contribution in [3.8, 4) is 0 Å². The van der Waals surface area contributed by atoms with E-state index in [4.69, 9.17) is 4.74 Å². The maximum Gasteiger partial charge on any atom is 0.138 e. The molecular formula is C30H48O4. The maximum atomic E-state index is 12.8. The van der Waals surface area contributed by atoms with Crippen molar-refractivity contribution in [1.29, 1.82) is 0 Å². The van der Waals surface area contributed by atoms with Gasteiger partial charge < -0.3 is 14.9 Å². The van der Waals surface area contributed by atoms with Gasteiger partial charge in [-0.3, -0.25) is 4.79 Å². The highest BCUT2D eigenvalue weighted by Crippen LogP contribution is 2.73. The Morgan fingerprint density at radius 2 is 1.74 bits per heavy atom. The fraction of sp³-hybridized carbons (Fsp3) is 0.900. The van der Waals surface area contributed by atoms with Gasteiger partial charge in [0, 0.05) is 11.8 Å². The molecule has 0 aromatic rings. The van der Waals surface area contributed by atoms with Crippen molar-refractivity contribution in [2.24, 2.45) is 45.3 Å². The van der Waals surface area contributed by atoms with Crippen LogP contribution in [0.15, 0.2) is 11.6 Å². The molecule has 5 rings (SSSR count). The van der Waals surface area contributed by atoms with Crippen molar-refractivity contribution in [3.63, 3.8) is 0 Å². The molecule has 0 radical (unpaired) electrons. The van der Waals surface area contributed by atoms with E-state index in [1.165, 1.54) is 25.7 Å². The minimum atomic E-state index is -1.14. The van der Waals surface area contributed by atoms with E-state index >= 15 is 0 Å². The number of hydrogen-bond donors (Lipinski definition) is 2. The summed E-state index contributed by atoms with van der Waals surface area (Å²) in [5.74, 6) is 2.42. The van der Waals surface area contributed by atoms with Gasteiger partial charge in [-0.15, -0.1) is 0 Å². The van der Waals surface area contributed by atoms with Gasteiger partial charge >= 0.3 is 0 Å². The molecule has 0 aromatic heterocycles. The van der Waals surface area contributed by atoms with Gasteiger partial charge in [0.25, 0.3) is 0 Å². The lowest BCUT2D eigenvalue weighted by Gasteiger charge is -2.63. The highest BCUT2D eigenvalue weighted by molar-refractivity contribution is 5.85. The summed E-state index contributed by atoms with van der Waals surface area (Å²) < 4.78 is 6.01. The van der Waals surface area contributed by atoms with Gasteiger partial charge in [0.1, 0.15) is 18.0 Å². The third-order valence-electron chi connectivity index (χ3n) is 12.4. The molecule has 0 bridgehead atoms. The molecule has 34 heavy (non-hydrogen) atoms. The van der Waals surface area contributed by atoms with E-state index in [2.05, 4.69) is 47.6 Å². The first kappa shape index (κ1) is 25.0. The number of carbonyl (C=O) groups is 1. The second-order valence-electron chi connectivity index (χ2n) is 14.6. The number of ether oxygens (including phenoxy) is 1. The van der Waals surface area contributed by atoms with Gasteiger partial charge in [-0.25, -0.2) is 0 Å². The van der Waals surface area contributed by atoms with Gasteiger partial charge in [0.05, 0.1) is 11.7 Å². The summed E-state index contributed by atoms with van der Waals surface area (Å²) in [5, 5.41) is 20.9. The summed E-state index contributed by atoms with van der Waals surface area (Å²) in [6.45, 7) is 17.6. The Labute approximate surface area is 206 Å². The van der Waals surface area contributed by atoms with Gasteiger partial charge in [-0.05, 0) is 92.3 Å². The third-order valence-corrected chi connectivity index (χ3v) is 12.4. The molecule has 10 atom stereocenters. The van der Waals surface area contributed by atoms with Crippen LogP contribution in [0.4, 0.5) is 0 Å². The molecule has 0 amide bonds. The average Bonchev–Trinajstić information content (AvgIpc) is 3.48. The van der Waals surface area contributed by atoms with Crippen molar-refractivity contribution in [1.82, 2.24) is 0 Å². The van der Waals surface area contributed by atoms with E-state index in [9.17, 15) is 15.0 Å². The van der Waals surface area contributed by atoms with Crippen LogP contribution in [0.1, 0.15) is 100 Å². The zero-order valence-electron chi connectivity index (χ0n) is 22.8. The van der Waals surface area contributed by atoms with Gasteiger partial charge in [0.15, 0.2) is 0 Å². The van der Waals surface area contributed by atoms with Crippen molar-refractivity contribution in [3.05, 3.63) is 11.6 Å². The standard InChI is InChI=1S/C30H48O4/c1-17(23-24(34-23)25(32)27(4,5)33)18-11-15-30(8)20-9-10-21-26(2,3)22(31)13-14-28(21,6)19(20)12-16-29(18,30)7/h9,17-19,21,23-25,32-33H,10-16H2,1-8H3/t17-,18+,19+,21+,23+,24-,25-,28-,29+,30-/m1/s1. The molecule has 4 fully saturated rings. The molecule has 4 heteroatoms. The number of rotatable bonds is 4. The molecule has 4 aliphatic carbocycles. The molecule has 1 aliphatic heterocycles. The first-order valence-corrected chi connectivity index (χ1v) is 13.9. The zero-order chi connectivity index (χ0) is 25.1. The van der Waals surface area contributed by atoms with E-state index in [-0.39, 0.29) is 33.9 Å². The highest BCUT2D eigenvalue weighted by atomic mass is 16.6. The highest BCUT2D eigenvalue weighted by Gasteiger charge is 2.67. The van der Waals surface area contributed by atoms with Crippen LogP contribution in [0.25, 0.3) is 0 Å². The molecule has 4 nitrogen and oxygen atoms in total. The summed E-state index contributed by atoms with van der Waals surface area (Å²) in [7, 11) is 0. The Morgan fingerprint density at radius 3 is 2.38 bits per heavy atom. The van der Waals surface area contributed by atoms with Crippen LogP contribution in [-0.4, -0.2) is 39.9 Å². The number of ketones is 1. The third kappa shape index (κ3) is 3.16. The SMILES string of the molecule is C[C@@H]([C@@H]1O[C@H]1[C@@H](O)C(C)(C)O)[C@@H]1CC[C@]2(C)C3=CC[C@H]4C(C)(C)C(=O)CC[C@]4(C)[C@H]3CC[C@@]12C. The van der Waals surface area contributed by atoms with Crippen LogP contribution in [0, 0.1) is 45.3 Å². The van der Waals surface area contributed by atoms with E-state index in [1.807, 2.05) is 0 Å². The Bertz CT molecular complexity index is 898. The van der Waals surface area contributed by atoms with Gasteiger partial charge in [-0.2, -0.15) is 0 Å². The largest absolute Gasteiger partial charge is 0.388 e. The molecule has 5 aliphatic rings. The van der Waals surface area contributed by atoms with Crippen LogP contribution >= 0.6 is 0 Å². The fourth-order valence-electron chi connectivity index (χ4n) is 9.84. The fourth-order valence-corrected chi connectivity index (χ4v) is 9.84. The van der Waals surface area contributed by atoms with E-state index in [0.29, 0.717) is 29.5 Å². The summed E-state index contributed by atoms with van der Waals surface area (Å²) in [4.78, 5) is 12.8. The average molecular weight is 473 g/mol. The molecule has 0 unspecified atom stereocenters. The number of fused-ring (bicyclic) bond motifs is 5. The summed E-state index contributed by atoms with van der Waals surface area (Å²) in [6.07, 6.45) is 9.21. The first-order chi connectivity index (χ1) is 15.6. The molecule has 3 saturated carbocycles. The molecular weight excluding hydrogens is 424 g/mol. The summed E-state index contributed by atoms with van der Waals surface area (Å²) >= 11 is 0. The van der Waals surface area contributed by atoms with Gasteiger partial charge in [0.2, 0.25) is 0 Å². The summed E-state index contributed by atoms with van der Waals surface area (Å²) in [5.41, 5.74) is 0.964. The number of allylic oxidation sites excluding steroid dienone is 2. The topological polar surface area (TPSA) is 70.1 Å². The first-order valence-electron chi connectivity index (χ1n) is 13.9. The maximum absolute atomic E-state index is 12.8. The Morgan fingerprint density at radius 1 is 1.06 bits per heavy atom. The zero-order valence-corrected chi connectivity index (χ0v) is 22.8. The lowest BCUT2D eigenvalue weighted by molar-refractivity contribution is -0.146.